The highest BCUT2D eigenvalue weighted by Gasteiger charge is 2.16. The Bertz CT molecular complexity index is 1030. The Morgan fingerprint density at radius 2 is 2.00 bits per heavy atom. The smallest absolute Gasteiger partial charge is 0.349 e. The molecular weight excluding hydrogens is 381 g/mol. The van der Waals surface area contributed by atoms with Gasteiger partial charge in [0.15, 0.2) is 0 Å². The van der Waals surface area contributed by atoms with Crippen LogP contribution in [0.25, 0.3) is 5.69 Å². The number of esters is 1. The second kappa shape index (κ2) is 8.17. The normalized spacial score (nSPS) is 12.2. The van der Waals surface area contributed by atoms with Crippen molar-refractivity contribution in [3.63, 3.8) is 0 Å². The van der Waals surface area contributed by atoms with Gasteiger partial charge in [0.25, 0.3) is 5.56 Å². The Kier molecular flexibility index (Phi) is 6.17. The Morgan fingerprint density at radius 1 is 1.33 bits per heavy atom. The third-order valence-electron chi connectivity index (χ3n) is 3.81. The predicted octanol–water partition coefficient (Wildman–Crippen LogP) is 1.55. The van der Waals surface area contributed by atoms with E-state index in [2.05, 4.69) is 9.89 Å². The van der Waals surface area contributed by atoms with Crippen molar-refractivity contribution in [1.82, 2.24) is 9.13 Å². The SMILES string of the molecule is COC(=O)[C@@H](C)O/N=C/c1cc(-n2c(=O)cc(C)n(C)c2=O)c(F)cc1Cl. The lowest BCUT2D eigenvalue weighted by Gasteiger charge is -2.11. The van der Waals surface area contributed by atoms with E-state index in [0.29, 0.717) is 10.3 Å². The summed E-state index contributed by atoms with van der Waals surface area (Å²) in [6, 6.07) is 3.35. The van der Waals surface area contributed by atoms with E-state index in [-0.39, 0.29) is 16.3 Å². The highest BCUT2D eigenvalue weighted by molar-refractivity contribution is 6.33. The molecule has 10 heteroatoms. The Labute approximate surface area is 158 Å². The van der Waals surface area contributed by atoms with Crippen LogP contribution in [0.2, 0.25) is 5.02 Å². The van der Waals surface area contributed by atoms with E-state index in [1.54, 1.807) is 6.92 Å². The van der Waals surface area contributed by atoms with Gasteiger partial charge in [-0.15, -0.1) is 0 Å². The minimum absolute atomic E-state index is 0.0219. The molecule has 0 spiro atoms. The first kappa shape index (κ1) is 20.4. The van der Waals surface area contributed by atoms with Crippen LogP contribution < -0.4 is 11.2 Å². The quantitative estimate of drug-likeness (QED) is 0.433. The topological polar surface area (TPSA) is 91.9 Å². The number of aryl methyl sites for hydroxylation is 1. The minimum Gasteiger partial charge on any atom is -0.466 e. The molecule has 0 fully saturated rings. The van der Waals surface area contributed by atoms with Crippen LogP contribution in [0.15, 0.2) is 32.9 Å². The maximum absolute atomic E-state index is 14.4. The maximum Gasteiger partial charge on any atom is 0.349 e. The molecule has 0 bridgehead atoms. The zero-order chi connectivity index (χ0) is 20.3. The molecule has 0 N–H and O–H groups in total. The number of benzene rings is 1. The molecule has 1 aromatic heterocycles. The maximum atomic E-state index is 14.4. The number of oxime groups is 1. The summed E-state index contributed by atoms with van der Waals surface area (Å²) in [5.41, 5.74) is -1.07. The largest absolute Gasteiger partial charge is 0.466 e. The Morgan fingerprint density at radius 3 is 2.63 bits per heavy atom. The molecule has 0 radical (unpaired) electrons. The second-order valence-electron chi connectivity index (χ2n) is 5.63. The molecule has 2 aromatic rings. The molecule has 0 saturated carbocycles. The average molecular weight is 398 g/mol. The highest BCUT2D eigenvalue weighted by Crippen LogP contribution is 2.21. The lowest BCUT2D eigenvalue weighted by atomic mass is 10.2. The summed E-state index contributed by atoms with van der Waals surface area (Å²) >= 11 is 5.98. The monoisotopic (exact) mass is 397 g/mol. The summed E-state index contributed by atoms with van der Waals surface area (Å²) in [7, 11) is 2.67. The van der Waals surface area contributed by atoms with Crippen LogP contribution in [-0.4, -0.2) is 34.5 Å². The lowest BCUT2D eigenvalue weighted by molar-refractivity contribution is -0.152. The first-order valence-corrected chi connectivity index (χ1v) is 8.11. The first-order valence-electron chi connectivity index (χ1n) is 7.73. The molecular formula is C17H17ClFN3O5. The predicted molar refractivity (Wildman–Crippen MR) is 97.1 cm³/mol. The van der Waals surface area contributed by atoms with Crippen molar-refractivity contribution in [2.75, 3.05) is 7.11 Å². The van der Waals surface area contributed by atoms with E-state index < -0.39 is 29.1 Å². The molecule has 27 heavy (non-hydrogen) atoms. The van der Waals surface area contributed by atoms with Gasteiger partial charge >= 0.3 is 11.7 Å². The fourth-order valence-electron chi connectivity index (χ4n) is 2.17. The van der Waals surface area contributed by atoms with Crippen LogP contribution >= 0.6 is 11.6 Å². The van der Waals surface area contributed by atoms with Gasteiger partial charge in [0.1, 0.15) is 5.82 Å². The average Bonchev–Trinajstić information content (AvgIpc) is 2.62. The molecule has 1 heterocycles. The molecule has 0 aliphatic rings. The first-order chi connectivity index (χ1) is 12.7. The van der Waals surface area contributed by atoms with Crippen LogP contribution in [-0.2, 0) is 21.4 Å². The van der Waals surface area contributed by atoms with Gasteiger partial charge in [0.05, 0.1) is 24.0 Å². The van der Waals surface area contributed by atoms with Crippen LogP contribution in [0.5, 0.6) is 0 Å². The minimum atomic E-state index is -0.961. The van der Waals surface area contributed by atoms with E-state index in [9.17, 15) is 18.8 Å². The van der Waals surface area contributed by atoms with Crippen LogP contribution in [0.4, 0.5) is 4.39 Å². The highest BCUT2D eigenvalue weighted by atomic mass is 35.5. The molecule has 0 unspecified atom stereocenters. The van der Waals surface area contributed by atoms with Gasteiger partial charge < -0.3 is 14.1 Å². The van der Waals surface area contributed by atoms with E-state index in [0.717, 1.165) is 12.3 Å². The third kappa shape index (κ3) is 4.25. The number of hydrogen-bond acceptors (Lipinski definition) is 6. The summed E-state index contributed by atoms with van der Waals surface area (Å²) in [6.07, 6.45) is 0.172. The van der Waals surface area contributed by atoms with E-state index >= 15 is 0 Å². The van der Waals surface area contributed by atoms with Crippen molar-refractivity contribution < 1.29 is 18.8 Å². The van der Waals surface area contributed by atoms with Gasteiger partial charge in [0, 0.05) is 24.4 Å². The Balaban J connectivity index is 2.49. The van der Waals surface area contributed by atoms with E-state index in [1.165, 1.54) is 37.8 Å². The van der Waals surface area contributed by atoms with Gasteiger partial charge in [-0.05, 0) is 26.0 Å². The van der Waals surface area contributed by atoms with Crippen molar-refractivity contribution in [3.8, 4) is 5.69 Å². The van der Waals surface area contributed by atoms with Crippen molar-refractivity contribution in [2.24, 2.45) is 12.2 Å². The van der Waals surface area contributed by atoms with Crippen molar-refractivity contribution in [2.45, 2.75) is 20.0 Å². The summed E-state index contributed by atoms with van der Waals surface area (Å²) in [5, 5.41) is 3.59. The van der Waals surface area contributed by atoms with Crippen LogP contribution in [0, 0.1) is 12.7 Å². The van der Waals surface area contributed by atoms with E-state index in [1.807, 2.05) is 0 Å². The molecule has 0 saturated heterocycles. The number of aromatic nitrogens is 2. The number of nitrogens with zero attached hydrogens (tertiary/aromatic N) is 3. The summed E-state index contributed by atoms with van der Waals surface area (Å²) < 4.78 is 20.8. The number of rotatable bonds is 5. The van der Waals surface area contributed by atoms with Gasteiger partial charge in [0.2, 0.25) is 6.10 Å². The number of halogens is 2. The number of carbonyl (C=O) groups excluding carboxylic acids is 1. The summed E-state index contributed by atoms with van der Waals surface area (Å²) in [4.78, 5) is 40.8. The molecule has 1 aromatic carbocycles. The third-order valence-corrected chi connectivity index (χ3v) is 4.14. The number of carbonyl (C=O) groups is 1. The van der Waals surface area contributed by atoms with Gasteiger partial charge in [-0.25, -0.2) is 18.5 Å². The lowest BCUT2D eigenvalue weighted by Crippen LogP contribution is -2.38. The Hall–Kier alpha value is -2.94. The number of hydrogen-bond donors (Lipinski definition) is 0. The molecule has 8 nitrogen and oxygen atoms in total. The van der Waals surface area contributed by atoms with Gasteiger partial charge in [-0.2, -0.15) is 0 Å². The summed E-state index contributed by atoms with van der Waals surface area (Å²) in [5.74, 6) is -1.49. The number of methoxy groups -OCH3 is 1. The molecule has 0 aliphatic carbocycles. The second-order valence-corrected chi connectivity index (χ2v) is 6.04. The fourth-order valence-corrected chi connectivity index (χ4v) is 2.37. The molecule has 0 amide bonds. The van der Waals surface area contributed by atoms with Gasteiger partial charge in [-0.3, -0.25) is 4.79 Å². The molecule has 0 aliphatic heterocycles. The van der Waals surface area contributed by atoms with Gasteiger partial charge in [-0.1, -0.05) is 16.8 Å². The number of ether oxygens (including phenoxy) is 1. The standard InChI is InChI=1S/C17H17ClFN3O5/c1-9-5-15(23)22(17(25)21(9)3)14-6-11(12(18)7-13(14)19)8-20-27-10(2)16(24)26-4/h5-8,10H,1-4H3/b20-8+/t10-/m1/s1. The van der Waals surface area contributed by atoms with Crippen LogP contribution in [0.1, 0.15) is 18.2 Å². The van der Waals surface area contributed by atoms with Crippen molar-refractivity contribution in [3.05, 3.63) is 61.1 Å². The van der Waals surface area contributed by atoms with E-state index in [4.69, 9.17) is 16.4 Å². The fraction of sp³-hybridized carbons (Fsp3) is 0.294. The molecule has 1 atom stereocenters. The van der Waals surface area contributed by atoms with Crippen molar-refractivity contribution >= 4 is 23.8 Å². The zero-order valence-electron chi connectivity index (χ0n) is 15.0. The molecule has 2 rings (SSSR count). The van der Waals surface area contributed by atoms with Crippen molar-refractivity contribution in [1.29, 1.82) is 0 Å². The van der Waals surface area contributed by atoms with Crippen LogP contribution in [0.3, 0.4) is 0 Å². The zero-order valence-corrected chi connectivity index (χ0v) is 15.8. The summed E-state index contributed by atoms with van der Waals surface area (Å²) in [6.45, 7) is 3.01. The molecule has 144 valence electrons.